The molecular weight excluding hydrogens is 242 g/mol. The Bertz CT molecular complexity index is 270. The van der Waals surface area contributed by atoms with Gasteiger partial charge >= 0.3 is 0 Å². The Morgan fingerprint density at radius 3 is 3.00 bits per heavy atom. The lowest BCUT2D eigenvalue weighted by molar-refractivity contribution is 0.563. The van der Waals surface area contributed by atoms with Gasteiger partial charge in [0.1, 0.15) is 0 Å². The fourth-order valence-corrected chi connectivity index (χ4v) is 1.97. The predicted octanol–water partition coefficient (Wildman–Crippen LogP) is 2.21. The van der Waals surface area contributed by atoms with Gasteiger partial charge in [-0.2, -0.15) is 5.10 Å². The van der Waals surface area contributed by atoms with E-state index in [2.05, 4.69) is 38.0 Å². The van der Waals surface area contributed by atoms with Crippen molar-refractivity contribution in [1.29, 1.82) is 0 Å². The number of hydrogen-bond acceptors (Lipinski definition) is 2. The molecule has 0 saturated carbocycles. The van der Waals surface area contributed by atoms with Crippen LogP contribution < -0.4 is 5.32 Å². The summed E-state index contributed by atoms with van der Waals surface area (Å²) in [6.07, 6.45) is 5.27. The highest BCUT2D eigenvalue weighted by atomic mass is 79.9. The van der Waals surface area contributed by atoms with E-state index >= 15 is 0 Å². The average Bonchev–Trinajstić information content (AvgIpc) is 2.50. The third kappa shape index (κ3) is 3.10. The topological polar surface area (TPSA) is 29.9 Å². The zero-order valence-electron chi connectivity index (χ0n) is 8.89. The van der Waals surface area contributed by atoms with E-state index in [0.717, 1.165) is 36.8 Å². The Morgan fingerprint density at radius 2 is 2.36 bits per heavy atom. The number of hydrogen-bond donors (Lipinski definition) is 1. The molecule has 0 radical (unpaired) electrons. The van der Waals surface area contributed by atoms with Gasteiger partial charge in [0.25, 0.3) is 0 Å². The van der Waals surface area contributed by atoms with Gasteiger partial charge in [-0.1, -0.05) is 6.92 Å². The second-order valence-corrected chi connectivity index (χ2v) is 4.22. The smallest absolute Gasteiger partial charge is 0.0635 e. The minimum Gasteiger partial charge on any atom is -0.320 e. The first-order valence-corrected chi connectivity index (χ1v) is 5.93. The molecule has 0 aromatic carbocycles. The van der Waals surface area contributed by atoms with E-state index in [4.69, 9.17) is 0 Å². The van der Waals surface area contributed by atoms with E-state index in [1.807, 2.05) is 13.2 Å². The molecule has 1 heterocycles. The quantitative estimate of drug-likeness (QED) is 0.795. The Morgan fingerprint density at radius 1 is 1.57 bits per heavy atom. The lowest BCUT2D eigenvalue weighted by Crippen LogP contribution is -2.11. The maximum absolute atomic E-state index is 4.33. The fourth-order valence-electron chi connectivity index (χ4n) is 1.47. The fraction of sp³-hybridized carbons (Fsp3) is 0.700. The average molecular weight is 260 g/mol. The third-order valence-corrected chi connectivity index (χ3v) is 2.84. The minimum atomic E-state index is 1.01. The van der Waals surface area contributed by atoms with Crippen molar-refractivity contribution in [2.45, 2.75) is 32.7 Å². The summed E-state index contributed by atoms with van der Waals surface area (Å²) in [5.41, 5.74) is 1.32. The van der Waals surface area contributed by atoms with E-state index in [-0.39, 0.29) is 0 Å². The van der Waals surface area contributed by atoms with Gasteiger partial charge in [-0.25, -0.2) is 0 Å². The van der Waals surface area contributed by atoms with Crippen LogP contribution in [0.25, 0.3) is 0 Å². The van der Waals surface area contributed by atoms with Crippen molar-refractivity contribution >= 4 is 15.9 Å². The highest BCUT2D eigenvalue weighted by Crippen LogP contribution is 2.17. The van der Waals surface area contributed by atoms with Crippen LogP contribution in [0.5, 0.6) is 0 Å². The molecule has 1 aromatic heterocycles. The van der Waals surface area contributed by atoms with Gasteiger partial charge in [-0.05, 0) is 48.8 Å². The molecule has 3 nitrogen and oxygen atoms in total. The molecule has 0 aliphatic heterocycles. The van der Waals surface area contributed by atoms with E-state index in [9.17, 15) is 0 Å². The van der Waals surface area contributed by atoms with Gasteiger partial charge in [0, 0.05) is 6.54 Å². The Hall–Kier alpha value is -0.350. The van der Waals surface area contributed by atoms with E-state index in [0.29, 0.717) is 0 Å². The van der Waals surface area contributed by atoms with Gasteiger partial charge in [0.15, 0.2) is 0 Å². The molecule has 0 atom stereocenters. The number of halogens is 1. The highest BCUT2D eigenvalue weighted by Gasteiger charge is 2.06. The van der Waals surface area contributed by atoms with E-state index < -0.39 is 0 Å². The molecule has 80 valence electrons. The molecule has 0 aliphatic rings. The van der Waals surface area contributed by atoms with Crippen LogP contribution in [-0.4, -0.2) is 23.4 Å². The molecule has 1 rings (SSSR count). The molecule has 1 N–H and O–H groups in total. The molecule has 0 bridgehead atoms. The van der Waals surface area contributed by atoms with Gasteiger partial charge < -0.3 is 5.32 Å². The van der Waals surface area contributed by atoms with Gasteiger partial charge in [0.2, 0.25) is 0 Å². The molecule has 0 fully saturated rings. The molecule has 0 unspecified atom stereocenters. The molecule has 0 aliphatic carbocycles. The van der Waals surface area contributed by atoms with E-state index in [1.165, 1.54) is 5.69 Å². The molecule has 0 saturated heterocycles. The first-order valence-electron chi connectivity index (χ1n) is 5.14. The summed E-state index contributed by atoms with van der Waals surface area (Å²) in [5, 5.41) is 7.49. The van der Waals surface area contributed by atoms with Gasteiger partial charge in [-0.3, -0.25) is 4.68 Å². The van der Waals surface area contributed by atoms with Crippen molar-refractivity contribution in [2.24, 2.45) is 0 Å². The van der Waals surface area contributed by atoms with Gasteiger partial charge in [0.05, 0.1) is 16.4 Å². The highest BCUT2D eigenvalue weighted by molar-refractivity contribution is 9.10. The molecule has 1 aromatic rings. The maximum atomic E-state index is 4.33. The van der Waals surface area contributed by atoms with Crippen molar-refractivity contribution in [3.63, 3.8) is 0 Å². The normalized spacial score (nSPS) is 10.8. The van der Waals surface area contributed by atoms with Crippen LogP contribution in [0.3, 0.4) is 0 Å². The van der Waals surface area contributed by atoms with Crippen LogP contribution in [0.15, 0.2) is 10.7 Å². The molecular formula is C10H18BrN3. The molecule has 14 heavy (non-hydrogen) atoms. The second-order valence-electron chi connectivity index (χ2n) is 3.37. The Labute approximate surface area is 94.0 Å². The largest absolute Gasteiger partial charge is 0.320 e. The third-order valence-electron chi connectivity index (χ3n) is 2.17. The summed E-state index contributed by atoms with van der Waals surface area (Å²) in [6, 6.07) is 0. The van der Waals surface area contributed by atoms with Gasteiger partial charge in [-0.15, -0.1) is 0 Å². The monoisotopic (exact) mass is 259 g/mol. The lowest BCUT2D eigenvalue weighted by atomic mass is 10.2. The summed E-state index contributed by atoms with van der Waals surface area (Å²) >= 11 is 3.54. The first kappa shape index (κ1) is 11.7. The zero-order valence-corrected chi connectivity index (χ0v) is 10.5. The van der Waals surface area contributed by atoms with Crippen molar-refractivity contribution in [2.75, 3.05) is 13.6 Å². The van der Waals surface area contributed by atoms with Crippen LogP contribution in [0, 0.1) is 0 Å². The summed E-state index contributed by atoms with van der Waals surface area (Å²) in [4.78, 5) is 0. The van der Waals surface area contributed by atoms with E-state index in [1.54, 1.807) is 0 Å². The minimum absolute atomic E-state index is 1.01. The van der Waals surface area contributed by atoms with Crippen LogP contribution in [-0.2, 0) is 13.0 Å². The molecule has 4 heteroatoms. The standard InChI is InChI=1S/C10H18BrN3/c1-3-7-14-10(5-4-6-12-2)9(11)8-13-14/h8,12H,3-7H2,1-2H3. The first-order chi connectivity index (χ1) is 6.79. The zero-order chi connectivity index (χ0) is 10.4. The second kappa shape index (κ2) is 6.19. The van der Waals surface area contributed by atoms with Crippen LogP contribution in [0.4, 0.5) is 0 Å². The Kier molecular flexibility index (Phi) is 5.19. The number of aryl methyl sites for hydroxylation is 1. The predicted molar refractivity (Wildman–Crippen MR) is 62.5 cm³/mol. The van der Waals surface area contributed by atoms with Crippen LogP contribution in [0.1, 0.15) is 25.5 Å². The maximum Gasteiger partial charge on any atom is 0.0635 e. The van der Waals surface area contributed by atoms with Crippen LogP contribution >= 0.6 is 15.9 Å². The summed E-state index contributed by atoms with van der Waals surface area (Å²) in [7, 11) is 1.98. The van der Waals surface area contributed by atoms with Crippen molar-refractivity contribution in [3.8, 4) is 0 Å². The number of aromatic nitrogens is 2. The summed E-state index contributed by atoms with van der Waals surface area (Å²) in [5.74, 6) is 0. The lowest BCUT2D eigenvalue weighted by Gasteiger charge is -2.06. The summed E-state index contributed by atoms with van der Waals surface area (Å²) in [6.45, 7) is 4.25. The van der Waals surface area contributed by atoms with Crippen molar-refractivity contribution in [1.82, 2.24) is 15.1 Å². The number of nitrogens with zero attached hydrogens (tertiary/aromatic N) is 2. The molecule has 0 amide bonds. The SMILES string of the molecule is CCCn1ncc(Br)c1CCCNC. The molecule has 0 spiro atoms. The van der Waals surface area contributed by atoms with Crippen molar-refractivity contribution < 1.29 is 0 Å². The Balaban J connectivity index is 2.57. The summed E-state index contributed by atoms with van der Waals surface area (Å²) < 4.78 is 3.24. The van der Waals surface area contributed by atoms with Crippen LogP contribution in [0.2, 0.25) is 0 Å². The number of nitrogens with one attached hydrogen (secondary N) is 1. The number of rotatable bonds is 6. The van der Waals surface area contributed by atoms with Crippen molar-refractivity contribution in [3.05, 3.63) is 16.4 Å².